The lowest BCUT2D eigenvalue weighted by atomic mass is 9.94. The summed E-state index contributed by atoms with van der Waals surface area (Å²) in [6.07, 6.45) is 0.407. The molecule has 176 valence electrons. The maximum Gasteiger partial charge on any atom is 0.295 e. The van der Waals surface area contributed by atoms with E-state index in [1.54, 1.807) is 31.4 Å². The third-order valence-electron chi connectivity index (χ3n) is 5.29. The molecular weight excluding hydrogens is 446 g/mol. The summed E-state index contributed by atoms with van der Waals surface area (Å²) in [4.78, 5) is 27.7. The van der Waals surface area contributed by atoms with Gasteiger partial charge in [-0.05, 0) is 44.5 Å². The van der Waals surface area contributed by atoms with Crippen LogP contribution in [0.4, 0.5) is 0 Å². The number of nitrogens with zero attached hydrogens (tertiary/aromatic N) is 1. The number of carbonyl (C=O) groups is 2. The molecule has 7 nitrogen and oxygen atoms in total. The van der Waals surface area contributed by atoms with Crippen molar-refractivity contribution in [2.24, 2.45) is 0 Å². The number of aliphatic hydroxyl groups is 1. The van der Waals surface area contributed by atoms with Crippen LogP contribution in [0.1, 0.15) is 37.4 Å². The average molecular weight is 474 g/mol. The largest absolute Gasteiger partial charge is 0.507 e. The number of hydrogen-bond donors (Lipinski definition) is 1. The van der Waals surface area contributed by atoms with Crippen molar-refractivity contribution >= 4 is 29.1 Å². The van der Waals surface area contributed by atoms with Gasteiger partial charge in [0.2, 0.25) is 0 Å². The Kier molecular flexibility index (Phi) is 8.00. The van der Waals surface area contributed by atoms with Gasteiger partial charge in [0, 0.05) is 31.4 Å². The van der Waals surface area contributed by atoms with Crippen molar-refractivity contribution in [3.63, 3.8) is 0 Å². The van der Waals surface area contributed by atoms with Gasteiger partial charge in [-0.15, -0.1) is 0 Å². The van der Waals surface area contributed by atoms with E-state index < -0.39 is 17.7 Å². The highest BCUT2D eigenvalue weighted by Crippen LogP contribution is 2.43. The van der Waals surface area contributed by atoms with E-state index in [4.69, 9.17) is 25.8 Å². The molecule has 1 aliphatic heterocycles. The molecule has 1 unspecified atom stereocenters. The second-order valence-electron chi connectivity index (χ2n) is 7.89. The van der Waals surface area contributed by atoms with Crippen LogP contribution in [-0.2, 0) is 14.3 Å². The Bertz CT molecular complexity index is 1060. The highest BCUT2D eigenvalue weighted by Gasteiger charge is 2.46. The summed E-state index contributed by atoms with van der Waals surface area (Å²) in [5.74, 6) is -0.867. The molecule has 1 amide bonds. The van der Waals surface area contributed by atoms with E-state index in [2.05, 4.69) is 0 Å². The van der Waals surface area contributed by atoms with Crippen molar-refractivity contribution in [2.75, 3.05) is 27.4 Å². The Balaban J connectivity index is 2.20. The molecule has 1 aliphatic rings. The predicted molar refractivity (Wildman–Crippen MR) is 126 cm³/mol. The second-order valence-corrected chi connectivity index (χ2v) is 8.30. The average Bonchev–Trinajstić information content (AvgIpc) is 3.04. The third-order valence-corrected chi connectivity index (χ3v) is 5.60. The molecule has 2 aromatic rings. The summed E-state index contributed by atoms with van der Waals surface area (Å²) in [6, 6.07) is 11.1. The molecule has 0 saturated carbocycles. The van der Waals surface area contributed by atoms with Crippen molar-refractivity contribution in [1.82, 2.24) is 4.90 Å². The molecule has 1 atom stereocenters. The summed E-state index contributed by atoms with van der Waals surface area (Å²) in [6.45, 7) is 4.49. The monoisotopic (exact) mass is 473 g/mol. The Morgan fingerprint density at radius 1 is 1.12 bits per heavy atom. The van der Waals surface area contributed by atoms with Crippen LogP contribution >= 0.6 is 11.6 Å². The molecule has 2 aromatic carbocycles. The van der Waals surface area contributed by atoms with Crippen molar-refractivity contribution < 1.29 is 28.9 Å². The van der Waals surface area contributed by atoms with Crippen LogP contribution in [0.3, 0.4) is 0 Å². The third kappa shape index (κ3) is 5.15. The van der Waals surface area contributed by atoms with Crippen LogP contribution in [0, 0.1) is 0 Å². The minimum atomic E-state index is -0.821. The standard InChI is InChI=1S/C25H28ClNO6/c1-15(2)33-19-9-6-5-8-17(19)22-21(24(29)25(30)27(22)12-7-13-31-3)23(28)16-10-11-18(26)20(14-16)32-4/h5-6,8-11,14-15,22,28H,7,12-13H2,1-4H3/b23-21-. The zero-order chi connectivity index (χ0) is 24.1. The number of rotatable bonds is 9. The highest BCUT2D eigenvalue weighted by atomic mass is 35.5. The Labute approximate surface area is 198 Å². The number of methoxy groups -OCH3 is 2. The number of hydrogen-bond acceptors (Lipinski definition) is 6. The highest BCUT2D eigenvalue weighted by molar-refractivity contribution is 6.46. The fourth-order valence-corrected chi connectivity index (χ4v) is 4.04. The van der Waals surface area contributed by atoms with E-state index in [1.165, 1.54) is 18.1 Å². The van der Waals surface area contributed by atoms with Gasteiger partial charge in [0.25, 0.3) is 11.7 Å². The van der Waals surface area contributed by atoms with Crippen LogP contribution in [-0.4, -0.2) is 55.2 Å². The molecule has 0 aromatic heterocycles. The number of carbonyl (C=O) groups excluding carboxylic acids is 2. The number of ketones is 1. The van der Waals surface area contributed by atoms with Gasteiger partial charge in [0.05, 0.1) is 29.9 Å². The van der Waals surface area contributed by atoms with E-state index >= 15 is 0 Å². The van der Waals surface area contributed by atoms with E-state index in [1.807, 2.05) is 26.0 Å². The molecule has 1 fully saturated rings. The number of amides is 1. The first kappa shape index (κ1) is 24.6. The summed E-state index contributed by atoms with van der Waals surface area (Å²) in [7, 11) is 3.03. The van der Waals surface area contributed by atoms with Crippen LogP contribution in [0.15, 0.2) is 48.0 Å². The number of likely N-dealkylation sites (tertiary alicyclic amines) is 1. The zero-order valence-corrected chi connectivity index (χ0v) is 19.9. The van der Waals surface area contributed by atoms with Crippen LogP contribution < -0.4 is 9.47 Å². The van der Waals surface area contributed by atoms with Gasteiger partial charge >= 0.3 is 0 Å². The minimum absolute atomic E-state index is 0.0124. The number of benzene rings is 2. The molecule has 1 N–H and O–H groups in total. The van der Waals surface area contributed by atoms with E-state index in [0.717, 1.165) is 0 Å². The zero-order valence-electron chi connectivity index (χ0n) is 19.1. The maximum atomic E-state index is 13.2. The minimum Gasteiger partial charge on any atom is -0.507 e. The molecule has 8 heteroatoms. The number of ether oxygens (including phenoxy) is 3. The van der Waals surface area contributed by atoms with E-state index in [9.17, 15) is 14.7 Å². The second kappa shape index (κ2) is 10.7. The Morgan fingerprint density at radius 3 is 2.52 bits per heavy atom. The molecule has 0 bridgehead atoms. The first-order valence-electron chi connectivity index (χ1n) is 10.7. The van der Waals surface area contributed by atoms with Gasteiger partial charge in [-0.3, -0.25) is 9.59 Å². The van der Waals surface area contributed by atoms with Crippen molar-refractivity contribution in [1.29, 1.82) is 0 Å². The molecule has 0 radical (unpaired) electrons. The number of halogens is 1. The smallest absolute Gasteiger partial charge is 0.295 e. The van der Waals surface area contributed by atoms with Crippen LogP contribution in [0.5, 0.6) is 11.5 Å². The first-order chi connectivity index (χ1) is 15.8. The molecular formula is C25H28ClNO6. The molecule has 33 heavy (non-hydrogen) atoms. The van der Waals surface area contributed by atoms with Gasteiger partial charge in [-0.1, -0.05) is 29.8 Å². The van der Waals surface area contributed by atoms with Crippen LogP contribution in [0.25, 0.3) is 5.76 Å². The van der Waals surface area contributed by atoms with Gasteiger partial charge in [-0.25, -0.2) is 0 Å². The molecule has 0 aliphatic carbocycles. The lowest BCUT2D eigenvalue weighted by Crippen LogP contribution is -2.31. The fourth-order valence-electron chi connectivity index (χ4n) is 3.84. The summed E-state index contributed by atoms with van der Waals surface area (Å²) < 4.78 is 16.3. The number of para-hydroxylation sites is 1. The molecule has 1 heterocycles. The maximum absolute atomic E-state index is 13.2. The lowest BCUT2D eigenvalue weighted by molar-refractivity contribution is -0.140. The Hall–Kier alpha value is -3.03. The quantitative estimate of drug-likeness (QED) is 0.248. The van der Waals surface area contributed by atoms with Crippen molar-refractivity contribution in [3.05, 3.63) is 64.2 Å². The summed E-state index contributed by atoms with van der Waals surface area (Å²) in [5.41, 5.74) is 0.922. The van der Waals surface area contributed by atoms with E-state index in [0.29, 0.717) is 40.7 Å². The number of Topliss-reactive ketones (excluding diaryl/α,β-unsaturated/α-hetero) is 1. The van der Waals surface area contributed by atoms with Crippen molar-refractivity contribution in [2.45, 2.75) is 32.4 Å². The van der Waals surface area contributed by atoms with Gasteiger partial charge < -0.3 is 24.2 Å². The lowest BCUT2D eigenvalue weighted by Gasteiger charge is -2.27. The summed E-state index contributed by atoms with van der Waals surface area (Å²) in [5, 5.41) is 11.6. The van der Waals surface area contributed by atoms with Crippen LogP contribution in [0.2, 0.25) is 5.02 Å². The molecule has 0 spiro atoms. The SMILES string of the molecule is COCCCN1C(=O)C(=O)/C(=C(\O)c2ccc(Cl)c(OC)c2)C1c1ccccc1OC(C)C. The van der Waals surface area contributed by atoms with Gasteiger partial charge in [0.15, 0.2) is 0 Å². The molecule has 1 saturated heterocycles. The van der Waals surface area contributed by atoms with Gasteiger partial charge in [0.1, 0.15) is 17.3 Å². The predicted octanol–water partition coefficient (Wildman–Crippen LogP) is 4.59. The normalized spacial score (nSPS) is 17.6. The van der Waals surface area contributed by atoms with E-state index in [-0.39, 0.29) is 24.0 Å². The fraction of sp³-hybridized carbons (Fsp3) is 0.360. The van der Waals surface area contributed by atoms with Crippen molar-refractivity contribution in [3.8, 4) is 11.5 Å². The summed E-state index contributed by atoms with van der Waals surface area (Å²) >= 11 is 6.12. The van der Waals surface area contributed by atoms with Gasteiger partial charge in [-0.2, -0.15) is 0 Å². The topological polar surface area (TPSA) is 85.3 Å². The number of aliphatic hydroxyl groups excluding tert-OH is 1. The first-order valence-corrected chi connectivity index (χ1v) is 11.0. The molecule has 3 rings (SSSR count). The Morgan fingerprint density at radius 2 is 1.85 bits per heavy atom.